The molecule has 1 heterocycles. The van der Waals surface area contributed by atoms with Crippen LogP contribution in [0.5, 0.6) is 0 Å². The molecule has 0 bridgehead atoms. The number of pyridine rings is 1. The number of carbonyl (C=O) groups excluding carboxylic acids is 2. The Hall–Kier alpha value is -2.40. The van der Waals surface area contributed by atoms with E-state index in [1.807, 2.05) is 19.1 Å². The van der Waals surface area contributed by atoms with Gasteiger partial charge in [-0.2, -0.15) is 0 Å². The first kappa shape index (κ1) is 17.0. The van der Waals surface area contributed by atoms with Crippen LogP contribution in [0.4, 0.5) is 0 Å². The molecule has 1 aromatic carbocycles. The van der Waals surface area contributed by atoms with Gasteiger partial charge in [0.15, 0.2) is 0 Å². The van der Waals surface area contributed by atoms with Crippen LogP contribution < -0.4 is 5.32 Å². The molecule has 0 aliphatic heterocycles. The number of carbonyl (C=O) groups is 2. The van der Waals surface area contributed by atoms with E-state index in [0.29, 0.717) is 16.4 Å². The van der Waals surface area contributed by atoms with Crippen molar-refractivity contribution in [1.29, 1.82) is 0 Å². The second kappa shape index (κ2) is 7.74. The zero-order valence-corrected chi connectivity index (χ0v) is 13.7. The Morgan fingerprint density at radius 2 is 1.91 bits per heavy atom. The number of benzene rings is 1. The summed E-state index contributed by atoms with van der Waals surface area (Å²) in [6.07, 6.45) is 0. The van der Waals surface area contributed by atoms with E-state index in [0.717, 1.165) is 11.1 Å². The molecule has 120 valence electrons. The number of nitrogens with zero attached hydrogens (tertiary/aromatic N) is 1. The Kier molecular flexibility index (Phi) is 5.71. The van der Waals surface area contributed by atoms with Gasteiger partial charge >= 0.3 is 5.97 Å². The number of hydrogen-bond donors (Lipinski definition) is 1. The average molecular weight is 333 g/mol. The smallest absolute Gasteiger partial charge is 0.325 e. The fraction of sp³-hybridized carbons (Fsp3) is 0.235. The van der Waals surface area contributed by atoms with Crippen LogP contribution in [0.25, 0.3) is 0 Å². The Bertz CT molecular complexity index is 732. The SMILES string of the molecule is Cc1ccccc1C(=O)NCC(=O)OCc1ccc(Cl)nc1C. The third-order valence-corrected chi connectivity index (χ3v) is 3.54. The van der Waals surface area contributed by atoms with E-state index in [2.05, 4.69) is 10.3 Å². The number of rotatable bonds is 5. The van der Waals surface area contributed by atoms with Crippen molar-refractivity contribution in [3.8, 4) is 0 Å². The summed E-state index contributed by atoms with van der Waals surface area (Å²) in [5, 5.41) is 2.94. The summed E-state index contributed by atoms with van der Waals surface area (Å²) < 4.78 is 5.13. The maximum Gasteiger partial charge on any atom is 0.325 e. The molecule has 23 heavy (non-hydrogen) atoms. The Balaban J connectivity index is 1.83. The van der Waals surface area contributed by atoms with Gasteiger partial charge in [-0.3, -0.25) is 9.59 Å². The van der Waals surface area contributed by atoms with Gasteiger partial charge in [0.2, 0.25) is 0 Å². The average Bonchev–Trinajstić information content (AvgIpc) is 2.52. The van der Waals surface area contributed by atoms with Crippen molar-refractivity contribution < 1.29 is 14.3 Å². The van der Waals surface area contributed by atoms with E-state index >= 15 is 0 Å². The van der Waals surface area contributed by atoms with E-state index in [-0.39, 0.29) is 19.1 Å². The fourth-order valence-electron chi connectivity index (χ4n) is 2.00. The van der Waals surface area contributed by atoms with Crippen LogP contribution in [0.2, 0.25) is 5.15 Å². The summed E-state index contributed by atoms with van der Waals surface area (Å²) in [4.78, 5) is 27.8. The minimum absolute atomic E-state index is 0.0923. The molecule has 5 nitrogen and oxygen atoms in total. The molecule has 6 heteroatoms. The minimum Gasteiger partial charge on any atom is -0.459 e. The largest absolute Gasteiger partial charge is 0.459 e. The predicted molar refractivity (Wildman–Crippen MR) is 87.3 cm³/mol. The Morgan fingerprint density at radius 3 is 2.61 bits per heavy atom. The first-order valence-electron chi connectivity index (χ1n) is 7.09. The minimum atomic E-state index is -0.513. The van der Waals surface area contributed by atoms with Gasteiger partial charge in [-0.25, -0.2) is 4.98 Å². The quantitative estimate of drug-likeness (QED) is 0.675. The number of aromatic nitrogens is 1. The molecule has 1 N–H and O–H groups in total. The zero-order chi connectivity index (χ0) is 16.8. The van der Waals surface area contributed by atoms with E-state index in [1.54, 1.807) is 31.2 Å². The summed E-state index contributed by atoms with van der Waals surface area (Å²) in [6.45, 7) is 3.53. The first-order chi connectivity index (χ1) is 11.0. The normalized spacial score (nSPS) is 10.2. The molecule has 2 rings (SSSR count). The highest BCUT2D eigenvalue weighted by molar-refractivity contribution is 6.29. The highest BCUT2D eigenvalue weighted by Crippen LogP contribution is 2.11. The van der Waals surface area contributed by atoms with Crippen LogP contribution in [-0.2, 0) is 16.1 Å². The van der Waals surface area contributed by atoms with Crippen molar-refractivity contribution in [3.05, 3.63) is 63.9 Å². The molecular weight excluding hydrogens is 316 g/mol. The third kappa shape index (κ3) is 4.79. The van der Waals surface area contributed by atoms with Crippen molar-refractivity contribution in [2.24, 2.45) is 0 Å². The zero-order valence-electron chi connectivity index (χ0n) is 12.9. The number of ether oxygens (including phenoxy) is 1. The molecule has 0 aliphatic carbocycles. The van der Waals surface area contributed by atoms with Crippen LogP contribution in [0.1, 0.15) is 27.2 Å². The van der Waals surface area contributed by atoms with Gasteiger partial charge in [0, 0.05) is 16.8 Å². The van der Waals surface area contributed by atoms with Crippen molar-refractivity contribution in [2.45, 2.75) is 20.5 Å². The molecule has 1 amide bonds. The number of amides is 1. The van der Waals surface area contributed by atoms with Crippen LogP contribution in [0.15, 0.2) is 36.4 Å². The first-order valence-corrected chi connectivity index (χ1v) is 7.46. The second-order valence-corrected chi connectivity index (χ2v) is 5.42. The molecule has 0 unspecified atom stereocenters. The topological polar surface area (TPSA) is 68.3 Å². The number of halogens is 1. The van der Waals surface area contributed by atoms with E-state index in [4.69, 9.17) is 16.3 Å². The molecule has 0 spiro atoms. The number of esters is 1. The lowest BCUT2D eigenvalue weighted by Crippen LogP contribution is -2.31. The fourth-order valence-corrected chi connectivity index (χ4v) is 2.19. The predicted octanol–water partition coefficient (Wildman–Crippen LogP) is 2.83. The monoisotopic (exact) mass is 332 g/mol. The Labute approximate surface area is 139 Å². The highest BCUT2D eigenvalue weighted by Gasteiger charge is 2.11. The molecule has 0 fully saturated rings. The molecule has 1 aromatic heterocycles. The lowest BCUT2D eigenvalue weighted by atomic mass is 10.1. The van der Waals surface area contributed by atoms with Crippen molar-refractivity contribution in [1.82, 2.24) is 10.3 Å². The summed E-state index contributed by atoms with van der Waals surface area (Å²) in [7, 11) is 0. The molecule has 0 saturated carbocycles. The standard InChI is InChI=1S/C17H17ClN2O3/c1-11-5-3-4-6-14(11)17(22)19-9-16(21)23-10-13-7-8-15(18)20-12(13)2/h3-8H,9-10H2,1-2H3,(H,19,22). The van der Waals surface area contributed by atoms with Crippen molar-refractivity contribution >= 4 is 23.5 Å². The van der Waals surface area contributed by atoms with Crippen LogP contribution >= 0.6 is 11.6 Å². The van der Waals surface area contributed by atoms with Crippen LogP contribution in [0, 0.1) is 13.8 Å². The van der Waals surface area contributed by atoms with Crippen molar-refractivity contribution in [3.63, 3.8) is 0 Å². The van der Waals surface area contributed by atoms with Gasteiger partial charge in [-0.05, 0) is 31.5 Å². The molecule has 0 atom stereocenters. The summed E-state index contributed by atoms with van der Waals surface area (Å²) in [5.74, 6) is -0.814. The lowest BCUT2D eigenvalue weighted by Gasteiger charge is -2.09. The van der Waals surface area contributed by atoms with Crippen LogP contribution in [-0.4, -0.2) is 23.4 Å². The maximum atomic E-state index is 12.0. The molecule has 0 saturated heterocycles. The van der Waals surface area contributed by atoms with Gasteiger partial charge in [-0.15, -0.1) is 0 Å². The van der Waals surface area contributed by atoms with Crippen LogP contribution in [0.3, 0.4) is 0 Å². The Morgan fingerprint density at radius 1 is 1.17 bits per heavy atom. The van der Waals surface area contributed by atoms with Gasteiger partial charge in [0.05, 0.1) is 0 Å². The molecule has 2 aromatic rings. The second-order valence-electron chi connectivity index (χ2n) is 5.04. The lowest BCUT2D eigenvalue weighted by molar-refractivity contribution is -0.143. The molecule has 0 radical (unpaired) electrons. The molecular formula is C17H17ClN2O3. The number of aryl methyl sites for hydroxylation is 2. The van der Waals surface area contributed by atoms with E-state index < -0.39 is 5.97 Å². The van der Waals surface area contributed by atoms with Gasteiger partial charge in [0.1, 0.15) is 18.3 Å². The summed E-state index contributed by atoms with van der Waals surface area (Å²) in [6, 6.07) is 10.6. The number of hydrogen-bond acceptors (Lipinski definition) is 4. The van der Waals surface area contributed by atoms with Crippen molar-refractivity contribution in [2.75, 3.05) is 6.54 Å². The third-order valence-electron chi connectivity index (χ3n) is 3.33. The van der Waals surface area contributed by atoms with Gasteiger partial charge < -0.3 is 10.1 Å². The van der Waals surface area contributed by atoms with Gasteiger partial charge in [0.25, 0.3) is 5.91 Å². The summed E-state index contributed by atoms with van der Waals surface area (Å²) >= 11 is 5.77. The van der Waals surface area contributed by atoms with E-state index in [9.17, 15) is 9.59 Å². The van der Waals surface area contributed by atoms with Gasteiger partial charge in [-0.1, -0.05) is 35.9 Å². The van der Waals surface area contributed by atoms with E-state index in [1.165, 1.54) is 0 Å². The highest BCUT2D eigenvalue weighted by atomic mass is 35.5. The molecule has 0 aliphatic rings. The maximum absolute atomic E-state index is 12.0. The number of nitrogens with one attached hydrogen (secondary N) is 1. The summed E-state index contributed by atoms with van der Waals surface area (Å²) in [5.41, 5.74) is 2.86.